The summed E-state index contributed by atoms with van der Waals surface area (Å²) in [6.45, 7) is 8.23. The Morgan fingerprint density at radius 2 is 1.80 bits per heavy atom. The van der Waals surface area contributed by atoms with Crippen LogP contribution in [0.1, 0.15) is 30.0 Å². The molecule has 0 fully saturated rings. The molecule has 0 amide bonds. The summed E-state index contributed by atoms with van der Waals surface area (Å²) in [5, 5.41) is 3.44. The second-order valence-electron chi connectivity index (χ2n) is 5.21. The SMILES string of the molecule is CCCNCc1cc(C)ccc1Oc1cccc(C)c1. The topological polar surface area (TPSA) is 21.3 Å². The minimum atomic E-state index is 0.844. The van der Waals surface area contributed by atoms with E-state index in [1.807, 2.05) is 12.1 Å². The Balaban J connectivity index is 2.17. The van der Waals surface area contributed by atoms with Gasteiger partial charge < -0.3 is 10.1 Å². The van der Waals surface area contributed by atoms with Crippen molar-refractivity contribution in [1.82, 2.24) is 5.32 Å². The molecule has 2 heteroatoms. The van der Waals surface area contributed by atoms with Crippen molar-refractivity contribution >= 4 is 0 Å². The summed E-state index contributed by atoms with van der Waals surface area (Å²) in [6.07, 6.45) is 1.14. The van der Waals surface area contributed by atoms with Crippen LogP contribution in [0.5, 0.6) is 11.5 Å². The first kappa shape index (κ1) is 14.6. The molecule has 1 N–H and O–H groups in total. The summed E-state index contributed by atoms with van der Waals surface area (Å²) in [5.41, 5.74) is 3.68. The minimum Gasteiger partial charge on any atom is -0.457 e. The van der Waals surface area contributed by atoms with Crippen molar-refractivity contribution in [1.29, 1.82) is 0 Å². The molecule has 0 heterocycles. The fourth-order valence-electron chi connectivity index (χ4n) is 2.15. The lowest BCUT2D eigenvalue weighted by atomic mass is 10.1. The average molecular weight is 269 g/mol. The summed E-state index contributed by atoms with van der Waals surface area (Å²) >= 11 is 0. The Labute approximate surface area is 121 Å². The molecule has 0 saturated carbocycles. The van der Waals surface area contributed by atoms with Crippen LogP contribution in [0.15, 0.2) is 42.5 Å². The van der Waals surface area contributed by atoms with E-state index in [0.29, 0.717) is 0 Å². The van der Waals surface area contributed by atoms with E-state index in [1.165, 1.54) is 16.7 Å². The van der Waals surface area contributed by atoms with Crippen molar-refractivity contribution in [2.24, 2.45) is 0 Å². The predicted octanol–water partition coefficient (Wildman–Crippen LogP) is 4.60. The van der Waals surface area contributed by atoms with Crippen LogP contribution in [0, 0.1) is 13.8 Å². The van der Waals surface area contributed by atoms with Gasteiger partial charge in [-0.25, -0.2) is 0 Å². The van der Waals surface area contributed by atoms with Gasteiger partial charge in [0.25, 0.3) is 0 Å². The maximum atomic E-state index is 6.04. The van der Waals surface area contributed by atoms with E-state index in [-0.39, 0.29) is 0 Å². The van der Waals surface area contributed by atoms with E-state index >= 15 is 0 Å². The van der Waals surface area contributed by atoms with Crippen molar-refractivity contribution < 1.29 is 4.74 Å². The number of hydrogen-bond acceptors (Lipinski definition) is 2. The molecule has 2 aromatic carbocycles. The molecule has 2 aromatic rings. The lowest BCUT2D eigenvalue weighted by Gasteiger charge is -2.13. The predicted molar refractivity (Wildman–Crippen MR) is 84.4 cm³/mol. The summed E-state index contributed by atoms with van der Waals surface area (Å²) in [4.78, 5) is 0. The third-order valence-electron chi connectivity index (χ3n) is 3.18. The monoisotopic (exact) mass is 269 g/mol. The second kappa shape index (κ2) is 7.11. The van der Waals surface area contributed by atoms with E-state index < -0.39 is 0 Å². The molecule has 20 heavy (non-hydrogen) atoms. The molecule has 2 rings (SSSR count). The number of nitrogens with one attached hydrogen (secondary N) is 1. The zero-order valence-electron chi connectivity index (χ0n) is 12.6. The number of benzene rings is 2. The number of hydrogen-bond donors (Lipinski definition) is 1. The van der Waals surface area contributed by atoms with Gasteiger partial charge in [0.05, 0.1) is 0 Å². The Morgan fingerprint density at radius 3 is 2.55 bits per heavy atom. The second-order valence-corrected chi connectivity index (χ2v) is 5.21. The third kappa shape index (κ3) is 4.10. The molecule has 0 bridgehead atoms. The van der Waals surface area contributed by atoms with E-state index in [0.717, 1.165) is 31.0 Å². The van der Waals surface area contributed by atoms with Crippen molar-refractivity contribution in [2.75, 3.05) is 6.54 Å². The van der Waals surface area contributed by atoms with E-state index in [1.54, 1.807) is 0 Å². The van der Waals surface area contributed by atoms with Gasteiger partial charge in [0, 0.05) is 12.1 Å². The maximum absolute atomic E-state index is 6.04. The first-order valence-corrected chi connectivity index (χ1v) is 7.24. The molecule has 0 spiro atoms. The first-order valence-electron chi connectivity index (χ1n) is 7.24. The highest BCUT2D eigenvalue weighted by Gasteiger charge is 2.05. The van der Waals surface area contributed by atoms with Gasteiger partial charge in [0.1, 0.15) is 11.5 Å². The smallest absolute Gasteiger partial charge is 0.131 e. The van der Waals surface area contributed by atoms with Gasteiger partial charge in [-0.1, -0.05) is 36.8 Å². The number of rotatable bonds is 6. The fourth-order valence-corrected chi connectivity index (χ4v) is 2.15. The van der Waals surface area contributed by atoms with Crippen LogP contribution in [0.25, 0.3) is 0 Å². The Morgan fingerprint density at radius 1 is 1.00 bits per heavy atom. The summed E-state index contributed by atoms with van der Waals surface area (Å²) in [7, 11) is 0. The first-order chi connectivity index (χ1) is 9.69. The van der Waals surface area contributed by atoms with Crippen LogP contribution in [0.3, 0.4) is 0 Å². The largest absolute Gasteiger partial charge is 0.457 e. The molecule has 0 aliphatic carbocycles. The van der Waals surface area contributed by atoms with Crippen molar-refractivity contribution in [3.63, 3.8) is 0 Å². The van der Waals surface area contributed by atoms with Crippen LogP contribution >= 0.6 is 0 Å². The van der Waals surface area contributed by atoms with Gasteiger partial charge in [-0.15, -0.1) is 0 Å². The Hall–Kier alpha value is -1.80. The molecule has 0 aliphatic rings. The molecule has 106 valence electrons. The summed E-state index contributed by atoms with van der Waals surface area (Å²) < 4.78 is 6.04. The van der Waals surface area contributed by atoms with Crippen molar-refractivity contribution in [3.05, 3.63) is 59.2 Å². The molecule has 0 atom stereocenters. The minimum absolute atomic E-state index is 0.844. The Bertz CT molecular complexity index is 563. The normalized spacial score (nSPS) is 10.6. The zero-order valence-corrected chi connectivity index (χ0v) is 12.6. The fraction of sp³-hybridized carbons (Fsp3) is 0.333. The van der Waals surface area contributed by atoms with Crippen molar-refractivity contribution in [3.8, 4) is 11.5 Å². The van der Waals surface area contributed by atoms with Gasteiger partial charge in [-0.05, 0) is 50.6 Å². The van der Waals surface area contributed by atoms with Crippen LogP contribution < -0.4 is 10.1 Å². The number of ether oxygens (including phenoxy) is 1. The standard InChI is InChI=1S/C18H23NO/c1-4-10-19-13-16-11-15(3)8-9-18(16)20-17-7-5-6-14(2)12-17/h5-9,11-12,19H,4,10,13H2,1-3H3. The zero-order chi connectivity index (χ0) is 14.4. The van der Waals surface area contributed by atoms with Crippen molar-refractivity contribution in [2.45, 2.75) is 33.7 Å². The van der Waals surface area contributed by atoms with Gasteiger partial charge in [-0.3, -0.25) is 0 Å². The summed E-state index contributed by atoms with van der Waals surface area (Å²) in [5.74, 6) is 1.83. The molecular formula is C18H23NO. The third-order valence-corrected chi connectivity index (χ3v) is 3.18. The average Bonchev–Trinajstić information content (AvgIpc) is 2.42. The van der Waals surface area contributed by atoms with Crippen LogP contribution in [-0.4, -0.2) is 6.54 Å². The summed E-state index contributed by atoms with van der Waals surface area (Å²) in [6, 6.07) is 14.5. The molecule has 0 aromatic heterocycles. The van der Waals surface area contributed by atoms with Crippen LogP contribution in [0.4, 0.5) is 0 Å². The molecule has 2 nitrogen and oxygen atoms in total. The molecule has 0 unspecified atom stereocenters. The van der Waals surface area contributed by atoms with Gasteiger partial charge in [0.15, 0.2) is 0 Å². The Kier molecular flexibility index (Phi) is 5.19. The maximum Gasteiger partial charge on any atom is 0.131 e. The molecular weight excluding hydrogens is 246 g/mol. The van der Waals surface area contributed by atoms with Crippen LogP contribution in [-0.2, 0) is 6.54 Å². The molecule has 0 radical (unpaired) electrons. The highest BCUT2D eigenvalue weighted by atomic mass is 16.5. The highest BCUT2D eigenvalue weighted by Crippen LogP contribution is 2.26. The van der Waals surface area contributed by atoms with E-state index in [2.05, 4.69) is 56.4 Å². The van der Waals surface area contributed by atoms with Gasteiger partial charge >= 0.3 is 0 Å². The highest BCUT2D eigenvalue weighted by molar-refractivity contribution is 5.41. The van der Waals surface area contributed by atoms with Gasteiger partial charge in [-0.2, -0.15) is 0 Å². The van der Waals surface area contributed by atoms with E-state index in [4.69, 9.17) is 4.74 Å². The van der Waals surface area contributed by atoms with Gasteiger partial charge in [0.2, 0.25) is 0 Å². The lowest BCUT2D eigenvalue weighted by molar-refractivity contribution is 0.472. The molecule has 0 aliphatic heterocycles. The number of aryl methyl sites for hydroxylation is 2. The van der Waals surface area contributed by atoms with Crippen LogP contribution in [0.2, 0.25) is 0 Å². The quantitative estimate of drug-likeness (QED) is 0.774. The lowest BCUT2D eigenvalue weighted by Crippen LogP contribution is -2.14. The molecule has 0 saturated heterocycles. The van der Waals surface area contributed by atoms with E-state index in [9.17, 15) is 0 Å².